The molecule has 3 rings (SSSR count). The summed E-state index contributed by atoms with van der Waals surface area (Å²) >= 11 is 1.20. The second kappa shape index (κ2) is 10.1. The maximum atomic E-state index is 12.8. The van der Waals surface area contributed by atoms with Gasteiger partial charge in [-0.05, 0) is 57.5 Å². The van der Waals surface area contributed by atoms with Crippen LogP contribution in [0.3, 0.4) is 0 Å². The zero-order valence-electron chi connectivity index (χ0n) is 19.3. The van der Waals surface area contributed by atoms with Crippen molar-refractivity contribution in [3.63, 3.8) is 0 Å². The largest absolute Gasteiger partial charge is 0.493 e. The Bertz CT molecular complexity index is 1170. The van der Waals surface area contributed by atoms with Gasteiger partial charge in [-0.3, -0.25) is 9.69 Å². The molecule has 2 heterocycles. The highest BCUT2D eigenvalue weighted by atomic mass is 32.1. The van der Waals surface area contributed by atoms with E-state index in [9.17, 15) is 9.59 Å². The van der Waals surface area contributed by atoms with Gasteiger partial charge in [0, 0.05) is 6.54 Å². The number of aromatic nitrogens is 2. The molecular formula is C23H29N3O5S. The molecule has 1 N–H and O–H groups in total. The van der Waals surface area contributed by atoms with Crippen molar-refractivity contribution in [2.75, 3.05) is 34.4 Å². The van der Waals surface area contributed by atoms with E-state index in [-0.39, 0.29) is 18.2 Å². The van der Waals surface area contributed by atoms with Gasteiger partial charge in [-0.25, -0.2) is 9.78 Å². The van der Waals surface area contributed by atoms with Gasteiger partial charge in [0.1, 0.15) is 15.5 Å². The lowest BCUT2D eigenvalue weighted by Crippen LogP contribution is -2.28. The molecule has 9 heteroatoms. The third kappa shape index (κ3) is 4.78. The number of likely N-dealkylation sites (N-methyl/N-ethyl adjacent to an activating group) is 1. The van der Waals surface area contributed by atoms with Crippen molar-refractivity contribution in [3.8, 4) is 11.5 Å². The monoisotopic (exact) mass is 459 g/mol. The topological polar surface area (TPSA) is 93.8 Å². The molecule has 1 atom stereocenters. The number of H-pyrrole nitrogens is 1. The van der Waals surface area contributed by atoms with E-state index in [1.807, 2.05) is 32.2 Å². The van der Waals surface area contributed by atoms with Crippen LogP contribution in [0.15, 0.2) is 23.0 Å². The molecule has 0 fully saturated rings. The molecule has 0 saturated heterocycles. The van der Waals surface area contributed by atoms with Gasteiger partial charge >= 0.3 is 5.97 Å². The number of benzene rings is 1. The molecule has 0 aliphatic rings. The Balaban J connectivity index is 1.79. The number of carbonyl (C=O) groups is 1. The Morgan fingerprint density at radius 2 is 1.97 bits per heavy atom. The molecule has 2 aromatic heterocycles. The summed E-state index contributed by atoms with van der Waals surface area (Å²) in [6.07, 6.45) is 0.790. The maximum Gasteiger partial charge on any atom is 0.348 e. The normalized spacial score (nSPS) is 12.2. The quantitative estimate of drug-likeness (QED) is 0.487. The molecule has 0 bridgehead atoms. The molecule has 8 nitrogen and oxygen atoms in total. The SMILES string of the molecule is CCOC(=O)c1sc2nc([C@@H](C)N(C)CCc3ccc(OC)c(OC)c3)[nH]c(=O)c2c1C. The molecule has 0 aliphatic heterocycles. The number of esters is 1. The van der Waals surface area contributed by atoms with Crippen LogP contribution in [0.25, 0.3) is 10.2 Å². The minimum atomic E-state index is -0.422. The first-order valence-electron chi connectivity index (χ1n) is 10.4. The summed E-state index contributed by atoms with van der Waals surface area (Å²) in [5.74, 6) is 1.53. The van der Waals surface area contributed by atoms with E-state index in [0.29, 0.717) is 38.0 Å². The predicted molar refractivity (Wildman–Crippen MR) is 125 cm³/mol. The second-order valence-electron chi connectivity index (χ2n) is 7.50. The Hall–Kier alpha value is -2.91. The van der Waals surface area contributed by atoms with Gasteiger partial charge in [0.15, 0.2) is 11.5 Å². The molecule has 0 aliphatic carbocycles. The van der Waals surface area contributed by atoms with Crippen LogP contribution in [0, 0.1) is 6.92 Å². The zero-order valence-corrected chi connectivity index (χ0v) is 20.1. The molecule has 0 spiro atoms. The molecule has 0 amide bonds. The number of nitrogens with zero attached hydrogens (tertiary/aromatic N) is 2. The summed E-state index contributed by atoms with van der Waals surface area (Å²) in [4.78, 5) is 35.6. The summed E-state index contributed by atoms with van der Waals surface area (Å²) in [6.45, 7) is 6.52. The highest BCUT2D eigenvalue weighted by molar-refractivity contribution is 7.20. The van der Waals surface area contributed by atoms with Crippen LogP contribution < -0.4 is 15.0 Å². The lowest BCUT2D eigenvalue weighted by molar-refractivity contribution is 0.0531. The Labute approximate surface area is 191 Å². The van der Waals surface area contributed by atoms with E-state index in [2.05, 4.69) is 14.9 Å². The van der Waals surface area contributed by atoms with Crippen molar-refractivity contribution in [2.24, 2.45) is 0 Å². The Morgan fingerprint density at radius 3 is 2.62 bits per heavy atom. The van der Waals surface area contributed by atoms with Crippen molar-refractivity contribution in [1.29, 1.82) is 0 Å². The fraction of sp³-hybridized carbons (Fsp3) is 0.435. The molecular weight excluding hydrogens is 430 g/mol. The van der Waals surface area contributed by atoms with Crippen LogP contribution in [0.2, 0.25) is 0 Å². The van der Waals surface area contributed by atoms with Gasteiger partial charge in [0.2, 0.25) is 0 Å². The molecule has 0 unspecified atom stereocenters. The minimum absolute atomic E-state index is 0.124. The average molecular weight is 460 g/mol. The molecule has 0 radical (unpaired) electrons. The van der Waals surface area contributed by atoms with Crippen molar-refractivity contribution in [1.82, 2.24) is 14.9 Å². The molecule has 3 aromatic rings. The fourth-order valence-electron chi connectivity index (χ4n) is 3.49. The van der Waals surface area contributed by atoms with Gasteiger partial charge in [-0.2, -0.15) is 0 Å². The predicted octanol–water partition coefficient (Wildman–Crippen LogP) is 3.72. The first-order valence-corrected chi connectivity index (χ1v) is 11.2. The van der Waals surface area contributed by atoms with Gasteiger partial charge in [0.05, 0.1) is 32.3 Å². The number of hydrogen-bond donors (Lipinski definition) is 1. The van der Waals surface area contributed by atoms with Crippen LogP contribution in [0.4, 0.5) is 0 Å². The smallest absolute Gasteiger partial charge is 0.348 e. The third-order valence-electron chi connectivity index (χ3n) is 5.54. The highest BCUT2D eigenvalue weighted by Crippen LogP contribution is 2.30. The summed E-state index contributed by atoms with van der Waals surface area (Å²) in [6, 6.07) is 5.75. The van der Waals surface area contributed by atoms with Crippen molar-refractivity contribution >= 4 is 27.5 Å². The number of nitrogens with one attached hydrogen (secondary N) is 1. The first kappa shape index (κ1) is 23.7. The van der Waals surface area contributed by atoms with E-state index in [4.69, 9.17) is 14.2 Å². The highest BCUT2D eigenvalue weighted by Gasteiger charge is 2.22. The van der Waals surface area contributed by atoms with Crippen molar-refractivity contribution < 1.29 is 19.0 Å². The van der Waals surface area contributed by atoms with E-state index in [1.54, 1.807) is 28.1 Å². The van der Waals surface area contributed by atoms with Gasteiger partial charge in [-0.15, -0.1) is 11.3 Å². The number of ether oxygens (including phenoxy) is 3. The molecule has 32 heavy (non-hydrogen) atoms. The minimum Gasteiger partial charge on any atom is -0.493 e. The number of fused-ring (bicyclic) bond motifs is 1. The maximum absolute atomic E-state index is 12.8. The van der Waals surface area contributed by atoms with Crippen LogP contribution in [0.1, 0.15) is 46.5 Å². The molecule has 1 aromatic carbocycles. The summed E-state index contributed by atoms with van der Waals surface area (Å²) in [7, 11) is 5.22. The van der Waals surface area contributed by atoms with Crippen molar-refractivity contribution in [2.45, 2.75) is 33.2 Å². The molecule has 0 saturated carbocycles. The first-order chi connectivity index (χ1) is 15.3. The van der Waals surface area contributed by atoms with Gasteiger partial charge in [0.25, 0.3) is 5.56 Å². The van der Waals surface area contributed by atoms with E-state index < -0.39 is 5.97 Å². The summed E-state index contributed by atoms with van der Waals surface area (Å²) in [5.41, 5.74) is 1.49. The number of aryl methyl sites for hydroxylation is 1. The Morgan fingerprint density at radius 1 is 1.25 bits per heavy atom. The number of hydrogen-bond acceptors (Lipinski definition) is 8. The summed E-state index contributed by atoms with van der Waals surface area (Å²) in [5, 5.41) is 0.446. The second-order valence-corrected chi connectivity index (χ2v) is 8.50. The Kier molecular flexibility index (Phi) is 7.52. The number of thiophene rings is 1. The number of carbonyl (C=O) groups excluding carboxylic acids is 1. The zero-order chi connectivity index (χ0) is 23.4. The number of methoxy groups -OCH3 is 2. The van der Waals surface area contributed by atoms with E-state index in [0.717, 1.165) is 18.5 Å². The third-order valence-corrected chi connectivity index (χ3v) is 6.70. The van der Waals surface area contributed by atoms with Crippen LogP contribution in [0.5, 0.6) is 11.5 Å². The number of aromatic amines is 1. The molecule has 172 valence electrons. The van der Waals surface area contributed by atoms with Crippen LogP contribution in [-0.4, -0.2) is 55.3 Å². The summed E-state index contributed by atoms with van der Waals surface area (Å²) < 4.78 is 15.8. The standard InChI is InChI=1S/C23H29N3O5S/c1-7-31-23(28)19-13(2)18-21(27)24-20(25-22(18)32-19)14(3)26(4)11-10-15-8-9-16(29-5)17(12-15)30-6/h8-9,12,14H,7,10-11H2,1-6H3,(H,24,25,27)/t14-/m1/s1. The fourth-order valence-corrected chi connectivity index (χ4v) is 4.58. The van der Waals surface area contributed by atoms with E-state index >= 15 is 0 Å². The van der Waals surface area contributed by atoms with Crippen LogP contribution >= 0.6 is 11.3 Å². The van der Waals surface area contributed by atoms with Gasteiger partial charge in [-0.1, -0.05) is 6.07 Å². The lowest BCUT2D eigenvalue weighted by Gasteiger charge is -2.24. The van der Waals surface area contributed by atoms with Gasteiger partial charge < -0.3 is 19.2 Å². The lowest BCUT2D eigenvalue weighted by atomic mass is 10.1. The van der Waals surface area contributed by atoms with Crippen LogP contribution in [-0.2, 0) is 11.2 Å². The van der Waals surface area contributed by atoms with E-state index in [1.165, 1.54) is 11.3 Å². The average Bonchev–Trinajstić information content (AvgIpc) is 3.13. The van der Waals surface area contributed by atoms with Crippen molar-refractivity contribution in [3.05, 3.63) is 50.4 Å². The number of rotatable bonds is 9.